The van der Waals surface area contributed by atoms with Gasteiger partial charge in [-0.15, -0.1) is 35.6 Å². The van der Waals surface area contributed by atoms with E-state index in [0.29, 0.717) is 35.9 Å². The second kappa shape index (κ2) is 9.97. The van der Waals surface area contributed by atoms with E-state index in [0.717, 1.165) is 10.3 Å². The van der Waals surface area contributed by atoms with Crippen LogP contribution < -0.4 is 4.90 Å². The first-order valence-electron chi connectivity index (χ1n) is 9.63. The highest BCUT2D eigenvalue weighted by Gasteiger charge is 2.11. The number of hydrogen-bond acceptors (Lipinski definition) is 3. The normalized spacial score (nSPS) is 14.8. The Labute approximate surface area is 165 Å². The number of anilines is 1. The highest BCUT2D eigenvalue weighted by atomic mass is 35.5. The minimum Gasteiger partial charge on any atom is -0.481 e. The maximum atomic E-state index is 11.0. The SMILES string of the molecule is Cl.[2H]C([2H])(CCc1nc2cc(N(CCCl)CCCl)ccc2n1C([2H])([2H])[2H])C(=O)O. The van der Waals surface area contributed by atoms with Gasteiger partial charge in [-0.1, -0.05) is 0 Å². The Morgan fingerprint density at radius 1 is 1.42 bits per heavy atom. The van der Waals surface area contributed by atoms with Gasteiger partial charge < -0.3 is 14.6 Å². The van der Waals surface area contributed by atoms with Gasteiger partial charge in [0.25, 0.3) is 0 Å². The van der Waals surface area contributed by atoms with Gasteiger partial charge in [-0.25, -0.2) is 4.98 Å². The van der Waals surface area contributed by atoms with E-state index in [9.17, 15) is 4.79 Å². The van der Waals surface area contributed by atoms with Crippen molar-refractivity contribution >= 4 is 58.3 Å². The minimum absolute atomic E-state index is 0. The van der Waals surface area contributed by atoms with Crippen molar-refractivity contribution < 1.29 is 16.8 Å². The van der Waals surface area contributed by atoms with Gasteiger partial charge in [0.2, 0.25) is 0 Å². The molecule has 1 N–H and O–H groups in total. The summed E-state index contributed by atoms with van der Waals surface area (Å²) in [5.41, 5.74) is 1.58. The molecule has 1 heterocycles. The molecule has 134 valence electrons. The number of halogens is 3. The van der Waals surface area contributed by atoms with Gasteiger partial charge in [0.15, 0.2) is 0 Å². The third-order valence-corrected chi connectivity index (χ3v) is 3.74. The van der Waals surface area contributed by atoms with E-state index < -0.39 is 19.3 Å². The maximum Gasteiger partial charge on any atom is 0.303 e. The summed E-state index contributed by atoms with van der Waals surface area (Å²) in [6, 6.07) is 5.12. The van der Waals surface area contributed by atoms with Crippen molar-refractivity contribution in [3.8, 4) is 0 Å². The predicted molar refractivity (Wildman–Crippen MR) is 102 cm³/mol. The second-order valence-electron chi connectivity index (χ2n) is 4.88. The van der Waals surface area contributed by atoms with Gasteiger partial charge in [-0.2, -0.15) is 0 Å². The molecule has 2 aromatic rings. The quantitative estimate of drug-likeness (QED) is 0.653. The van der Waals surface area contributed by atoms with E-state index in [1.807, 2.05) is 4.90 Å². The number of nitrogens with zero attached hydrogens (tertiary/aromatic N) is 3. The van der Waals surface area contributed by atoms with Crippen molar-refractivity contribution in [3.63, 3.8) is 0 Å². The number of aromatic nitrogens is 2. The van der Waals surface area contributed by atoms with Crippen LogP contribution in [0.1, 0.15) is 25.5 Å². The monoisotopic (exact) mass is 398 g/mol. The largest absolute Gasteiger partial charge is 0.481 e. The fourth-order valence-electron chi connectivity index (χ4n) is 2.34. The van der Waals surface area contributed by atoms with Gasteiger partial charge in [-0.05, 0) is 24.6 Å². The Morgan fingerprint density at radius 3 is 2.71 bits per heavy atom. The number of fused-ring (bicyclic) bond motifs is 1. The lowest BCUT2D eigenvalue weighted by Crippen LogP contribution is -2.27. The van der Waals surface area contributed by atoms with Crippen molar-refractivity contribution in [1.82, 2.24) is 9.55 Å². The van der Waals surface area contributed by atoms with Crippen LogP contribution in [0.4, 0.5) is 5.69 Å². The number of alkyl halides is 2. The molecule has 5 nitrogen and oxygen atoms in total. The topological polar surface area (TPSA) is 58.4 Å². The maximum absolute atomic E-state index is 11.0. The molecule has 0 aliphatic rings. The number of aliphatic carboxylic acids is 1. The van der Waals surface area contributed by atoms with Crippen LogP contribution in [-0.2, 0) is 18.2 Å². The molecule has 0 fully saturated rings. The number of aryl methyl sites for hydroxylation is 2. The highest BCUT2D eigenvalue weighted by molar-refractivity contribution is 6.18. The van der Waals surface area contributed by atoms with Gasteiger partial charge in [-0.3, -0.25) is 4.79 Å². The number of carboxylic acids is 1. The Bertz CT molecular complexity index is 839. The molecule has 0 aliphatic carbocycles. The second-order valence-corrected chi connectivity index (χ2v) is 5.64. The van der Waals surface area contributed by atoms with Crippen molar-refractivity contribution in [3.05, 3.63) is 24.0 Å². The lowest BCUT2D eigenvalue weighted by molar-refractivity contribution is -0.137. The Kier molecular flexibility index (Phi) is 5.83. The summed E-state index contributed by atoms with van der Waals surface area (Å²) in [4.78, 5) is 17.3. The minimum atomic E-state index is -2.53. The summed E-state index contributed by atoms with van der Waals surface area (Å²) in [5.74, 6) is -0.690. The van der Waals surface area contributed by atoms with Crippen LogP contribution in [0.5, 0.6) is 0 Å². The number of carboxylic acid groups (broad SMARTS) is 1. The van der Waals surface area contributed by atoms with Crippen molar-refractivity contribution in [2.75, 3.05) is 29.7 Å². The zero-order valence-corrected chi connectivity index (χ0v) is 15.2. The molecule has 0 saturated carbocycles. The number of carbonyl (C=O) groups is 1. The molecule has 0 amide bonds. The van der Waals surface area contributed by atoms with E-state index >= 15 is 0 Å². The molecule has 0 spiro atoms. The van der Waals surface area contributed by atoms with Crippen LogP contribution >= 0.6 is 35.6 Å². The highest BCUT2D eigenvalue weighted by Crippen LogP contribution is 2.23. The van der Waals surface area contributed by atoms with Crippen LogP contribution in [0.2, 0.25) is 0 Å². The molecule has 1 aromatic carbocycles. The molecule has 2 rings (SSSR count). The Morgan fingerprint density at radius 2 is 2.12 bits per heavy atom. The molecule has 8 heteroatoms. The lowest BCUT2D eigenvalue weighted by Gasteiger charge is -2.22. The first kappa shape index (κ1) is 14.0. The van der Waals surface area contributed by atoms with E-state index in [2.05, 4.69) is 4.98 Å². The fraction of sp³-hybridized carbons (Fsp3) is 0.500. The van der Waals surface area contributed by atoms with Crippen molar-refractivity contribution in [1.29, 1.82) is 0 Å². The first-order chi connectivity index (χ1) is 13.0. The Balaban J connectivity index is 0.00000420. The van der Waals surface area contributed by atoms with Crippen LogP contribution in [0.3, 0.4) is 0 Å². The zero-order chi connectivity index (χ0) is 21.1. The molecule has 0 atom stereocenters. The molecule has 0 aliphatic heterocycles. The van der Waals surface area contributed by atoms with Gasteiger partial charge in [0.1, 0.15) is 5.82 Å². The third kappa shape index (κ3) is 5.16. The van der Waals surface area contributed by atoms with Crippen molar-refractivity contribution in [2.24, 2.45) is 6.98 Å². The van der Waals surface area contributed by atoms with Gasteiger partial charge in [0, 0.05) is 57.2 Å². The average Bonchev–Trinajstić information content (AvgIpc) is 2.97. The molecule has 24 heavy (non-hydrogen) atoms. The zero-order valence-electron chi connectivity index (χ0n) is 17.8. The summed E-state index contributed by atoms with van der Waals surface area (Å²) in [6.45, 7) is -1.41. The number of rotatable bonds is 9. The Hall–Kier alpha value is -1.17. The summed E-state index contributed by atoms with van der Waals surface area (Å²) in [6.07, 6.45) is -2.99. The first-order valence-corrected chi connectivity index (χ1v) is 8.20. The van der Waals surface area contributed by atoms with E-state index in [1.165, 1.54) is 0 Å². The molecule has 0 unspecified atom stereocenters. The predicted octanol–water partition coefficient (Wildman–Crippen LogP) is 3.69. The van der Waals surface area contributed by atoms with E-state index in [1.54, 1.807) is 18.2 Å². The summed E-state index contributed by atoms with van der Waals surface area (Å²) in [7, 11) is 0. The van der Waals surface area contributed by atoms with Gasteiger partial charge >= 0.3 is 5.97 Å². The van der Waals surface area contributed by atoms with Crippen molar-refractivity contribution in [2.45, 2.75) is 19.2 Å². The molecule has 0 bridgehead atoms. The lowest BCUT2D eigenvalue weighted by atomic mass is 10.2. The van der Waals surface area contributed by atoms with Crippen LogP contribution in [-0.4, -0.2) is 45.5 Å². The summed E-state index contributed by atoms with van der Waals surface area (Å²) < 4.78 is 39.5. The molecule has 0 saturated heterocycles. The number of hydrogen-bond donors (Lipinski definition) is 1. The van der Waals surface area contributed by atoms with E-state index in [4.69, 9.17) is 35.2 Å². The fourth-order valence-corrected chi connectivity index (χ4v) is 2.75. The van der Waals surface area contributed by atoms with Crippen LogP contribution in [0.15, 0.2) is 18.2 Å². The smallest absolute Gasteiger partial charge is 0.303 e. The van der Waals surface area contributed by atoms with Crippen LogP contribution in [0, 0.1) is 0 Å². The summed E-state index contributed by atoms with van der Waals surface area (Å²) >= 11 is 11.7. The number of imidazole rings is 1. The molecular weight excluding hydrogens is 373 g/mol. The van der Waals surface area contributed by atoms with Gasteiger partial charge in [0.05, 0.1) is 11.0 Å². The number of benzene rings is 1. The van der Waals surface area contributed by atoms with Crippen LogP contribution in [0.25, 0.3) is 11.0 Å². The molecule has 1 aromatic heterocycles. The average molecular weight is 400 g/mol. The third-order valence-electron chi connectivity index (χ3n) is 3.41. The van der Waals surface area contributed by atoms with E-state index in [-0.39, 0.29) is 31.1 Å². The summed E-state index contributed by atoms with van der Waals surface area (Å²) in [5, 5.41) is 8.95. The molecular formula is C16H22Cl3N3O2. The standard InChI is InChI=1S/C16H21Cl2N3O2.ClH/c1-20-14-6-5-12(21(9-7-17)10-8-18)11-13(14)19-15(20)3-2-4-16(22)23;/h5-6,11H,2-4,7-10H2,1H3,(H,22,23);1H/i1D3,4D2;. The molecule has 0 radical (unpaired) electrons.